The molecule has 5 nitrogen and oxygen atoms in total. The van der Waals surface area contributed by atoms with Crippen molar-refractivity contribution in [3.63, 3.8) is 0 Å². The van der Waals surface area contributed by atoms with Gasteiger partial charge in [0.05, 0.1) is 13.2 Å². The third-order valence-electron chi connectivity index (χ3n) is 3.81. The van der Waals surface area contributed by atoms with E-state index in [0.29, 0.717) is 13.2 Å². The highest BCUT2D eigenvalue weighted by molar-refractivity contribution is 14.0. The first-order valence-electron chi connectivity index (χ1n) is 8.37. The zero-order valence-corrected chi connectivity index (χ0v) is 16.8. The summed E-state index contributed by atoms with van der Waals surface area (Å²) in [4.78, 5) is 7.15. The Balaban J connectivity index is 0.00000441. The van der Waals surface area contributed by atoms with Gasteiger partial charge in [0.2, 0.25) is 0 Å². The number of halogens is 1. The van der Waals surface area contributed by atoms with E-state index in [9.17, 15) is 0 Å². The van der Waals surface area contributed by atoms with Crippen LogP contribution >= 0.6 is 24.0 Å². The van der Waals surface area contributed by atoms with Crippen LogP contribution in [0.15, 0.2) is 4.99 Å². The highest BCUT2D eigenvalue weighted by atomic mass is 127. The van der Waals surface area contributed by atoms with E-state index in [1.807, 2.05) is 0 Å². The van der Waals surface area contributed by atoms with Gasteiger partial charge in [0.25, 0.3) is 0 Å². The summed E-state index contributed by atoms with van der Waals surface area (Å²) in [7, 11) is 1.70. The van der Waals surface area contributed by atoms with Crippen molar-refractivity contribution in [1.29, 1.82) is 0 Å². The third kappa shape index (κ3) is 9.84. The van der Waals surface area contributed by atoms with Crippen LogP contribution in [0.2, 0.25) is 0 Å². The molecule has 0 saturated carbocycles. The Morgan fingerprint density at radius 3 is 2.55 bits per heavy atom. The number of rotatable bonds is 9. The van der Waals surface area contributed by atoms with Crippen molar-refractivity contribution in [2.24, 2.45) is 10.9 Å². The number of likely N-dealkylation sites (tertiary alicyclic amines) is 1. The van der Waals surface area contributed by atoms with Crippen LogP contribution in [0.4, 0.5) is 0 Å². The van der Waals surface area contributed by atoms with Crippen molar-refractivity contribution < 1.29 is 9.47 Å². The first-order chi connectivity index (χ1) is 10.3. The maximum absolute atomic E-state index is 5.46. The minimum atomic E-state index is 0. The van der Waals surface area contributed by atoms with Gasteiger partial charge >= 0.3 is 0 Å². The summed E-state index contributed by atoms with van der Waals surface area (Å²) in [6, 6.07) is 0. The van der Waals surface area contributed by atoms with Gasteiger partial charge in [-0.05, 0) is 38.5 Å². The lowest BCUT2D eigenvalue weighted by Gasteiger charge is -2.33. The van der Waals surface area contributed by atoms with Crippen LogP contribution in [-0.4, -0.2) is 64.0 Å². The smallest absolute Gasteiger partial charge is 0.193 e. The molecule has 0 bridgehead atoms. The van der Waals surface area contributed by atoms with Gasteiger partial charge in [-0.1, -0.05) is 6.92 Å². The number of guanidine groups is 1. The quantitative estimate of drug-likeness (QED) is 0.266. The zero-order valence-electron chi connectivity index (χ0n) is 14.5. The summed E-state index contributed by atoms with van der Waals surface area (Å²) in [6.07, 6.45) is 4.69. The number of hydrogen-bond donors (Lipinski definition) is 1. The molecule has 0 aromatic carbocycles. The molecule has 1 aliphatic rings. The molecule has 0 aromatic rings. The monoisotopic (exact) mass is 427 g/mol. The maximum atomic E-state index is 5.46. The second-order valence-electron chi connectivity index (χ2n) is 5.72. The Morgan fingerprint density at radius 2 is 1.91 bits per heavy atom. The van der Waals surface area contributed by atoms with Crippen molar-refractivity contribution in [3.8, 4) is 0 Å². The Bertz CT molecular complexity index is 283. The van der Waals surface area contributed by atoms with E-state index in [1.165, 1.54) is 12.8 Å². The van der Waals surface area contributed by atoms with Crippen molar-refractivity contribution in [3.05, 3.63) is 0 Å². The highest BCUT2D eigenvalue weighted by Crippen LogP contribution is 2.15. The molecule has 0 unspecified atom stereocenters. The van der Waals surface area contributed by atoms with E-state index in [0.717, 1.165) is 57.5 Å². The summed E-state index contributed by atoms with van der Waals surface area (Å²) < 4.78 is 10.4. The molecule has 132 valence electrons. The second kappa shape index (κ2) is 14.5. The van der Waals surface area contributed by atoms with Gasteiger partial charge in [0.15, 0.2) is 5.96 Å². The van der Waals surface area contributed by atoms with E-state index < -0.39 is 0 Å². The van der Waals surface area contributed by atoms with Gasteiger partial charge < -0.3 is 19.7 Å². The van der Waals surface area contributed by atoms with E-state index in [-0.39, 0.29) is 24.0 Å². The van der Waals surface area contributed by atoms with E-state index in [4.69, 9.17) is 14.5 Å². The molecule has 1 aliphatic heterocycles. The van der Waals surface area contributed by atoms with Gasteiger partial charge in [-0.15, -0.1) is 24.0 Å². The number of methoxy groups -OCH3 is 1. The lowest BCUT2D eigenvalue weighted by Crippen LogP contribution is -2.45. The van der Waals surface area contributed by atoms with Gasteiger partial charge in [-0.2, -0.15) is 0 Å². The molecule has 1 rings (SSSR count). The molecule has 1 N–H and O–H groups in total. The van der Waals surface area contributed by atoms with Crippen molar-refractivity contribution in [2.45, 2.75) is 39.5 Å². The first kappa shape index (κ1) is 21.9. The average Bonchev–Trinajstić information content (AvgIpc) is 2.50. The highest BCUT2D eigenvalue weighted by Gasteiger charge is 2.18. The molecule has 1 fully saturated rings. The number of aliphatic imine (C=N–C) groups is 1. The molecule has 0 aromatic heterocycles. The second-order valence-corrected chi connectivity index (χ2v) is 5.72. The topological polar surface area (TPSA) is 46.1 Å². The number of nitrogens with zero attached hydrogens (tertiary/aromatic N) is 2. The van der Waals surface area contributed by atoms with Gasteiger partial charge in [-0.3, -0.25) is 4.99 Å². The van der Waals surface area contributed by atoms with Gasteiger partial charge in [0, 0.05) is 39.9 Å². The van der Waals surface area contributed by atoms with Crippen molar-refractivity contribution in [2.75, 3.05) is 53.1 Å². The number of unbranched alkanes of at least 4 members (excludes halogenated alkanes) is 1. The fraction of sp³-hybridized carbons (Fsp3) is 0.938. The lowest BCUT2D eigenvalue weighted by molar-refractivity contribution is 0.0690. The average molecular weight is 427 g/mol. The van der Waals surface area contributed by atoms with Crippen molar-refractivity contribution >= 4 is 29.9 Å². The largest absolute Gasteiger partial charge is 0.382 e. The van der Waals surface area contributed by atoms with Crippen LogP contribution < -0.4 is 5.32 Å². The van der Waals surface area contributed by atoms with Crippen LogP contribution in [0, 0.1) is 5.92 Å². The standard InChI is InChI=1S/C16H33N3O2.HI/c1-4-17-16(19-10-7-15(2)8-11-19)18-9-5-6-12-21-14-13-20-3;/h15H,4-14H2,1-3H3,(H,17,18);1H. The van der Waals surface area contributed by atoms with Crippen LogP contribution in [0.5, 0.6) is 0 Å². The Hall–Kier alpha value is -0.0800. The summed E-state index contributed by atoms with van der Waals surface area (Å²) in [5.41, 5.74) is 0. The number of nitrogens with one attached hydrogen (secondary N) is 1. The first-order valence-corrected chi connectivity index (χ1v) is 8.37. The molecule has 6 heteroatoms. The Kier molecular flexibility index (Phi) is 14.5. The van der Waals surface area contributed by atoms with E-state index >= 15 is 0 Å². The lowest BCUT2D eigenvalue weighted by atomic mass is 10.00. The normalized spacial score (nSPS) is 16.5. The van der Waals surface area contributed by atoms with Crippen LogP contribution in [0.3, 0.4) is 0 Å². The molecule has 0 atom stereocenters. The van der Waals surface area contributed by atoms with Crippen molar-refractivity contribution in [1.82, 2.24) is 10.2 Å². The molecule has 0 amide bonds. The minimum Gasteiger partial charge on any atom is -0.382 e. The predicted molar refractivity (Wildman–Crippen MR) is 103 cm³/mol. The number of piperidine rings is 1. The fourth-order valence-corrected chi connectivity index (χ4v) is 2.39. The summed E-state index contributed by atoms with van der Waals surface area (Å²) in [6.45, 7) is 10.7. The Morgan fingerprint density at radius 1 is 1.18 bits per heavy atom. The fourth-order valence-electron chi connectivity index (χ4n) is 2.39. The van der Waals surface area contributed by atoms with E-state index in [2.05, 4.69) is 24.1 Å². The zero-order chi connectivity index (χ0) is 15.3. The molecule has 0 spiro atoms. The minimum absolute atomic E-state index is 0. The molecular formula is C16H34IN3O2. The molecular weight excluding hydrogens is 393 g/mol. The number of ether oxygens (including phenoxy) is 2. The Labute approximate surface area is 153 Å². The molecule has 22 heavy (non-hydrogen) atoms. The third-order valence-corrected chi connectivity index (χ3v) is 3.81. The molecule has 1 heterocycles. The summed E-state index contributed by atoms with van der Waals surface area (Å²) >= 11 is 0. The molecule has 0 radical (unpaired) electrons. The summed E-state index contributed by atoms with van der Waals surface area (Å²) in [5.74, 6) is 1.94. The van der Waals surface area contributed by atoms with Gasteiger partial charge in [0.1, 0.15) is 0 Å². The predicted octanol–water partition coefficient (Wildman–Crippen LogP) is 2.75. The summed E-state index contributed by atoms with van der Waals surface area (Å²) in [5, 5.41) is 3.41. The molecule has 1 saturated heterocycles. The van der Waals surface area contributed by atoms with Crippen LogP contribution in [0.25, 0.3) is 0 Å². The number of hydrogen-bond acceptors (Lipinski definition) is 3. The SMILES string of the molecule is CCNC(=NCCCCOCCOC)N1CCC(C)CC1.I. The van der Waals surface area contributed by atoms with Gasteiger partial charge in [-0.25, -0.2) is 0 Å². The van der Waals surface area contributed by atoms with Crippen LogP contribution in [0.1, 0.15) is 39.5 Å². The molecule has 0 aliphatic carbocycles. The van der Waals surface area contributed by atoms with Crippen LogP contribution in [-0.2, 0) is 9.47 Å². The maximum Gasteiger partial charge on any atom is 0.193 e. The van der Waals surface area contributed by atoms with E-state index in [1.54, 1.807) is 7.11 Å².